The summed E-state index contributed by atoms with van der Waals surface area (Å²) in [5.41, 5.74) is 0.579. The molecule has 9 heteroatoms. The second-order valence-electron chi connectivity index (χ2n) is 4.86. The molecule has 1 atom stereocenters. The van der Waals surface area contributed by atoms with Gasteiger partial charge in [-0.1, -0.05) is 0 Å². The van der Waals surface area contributed by atoms with Crippen LogP contribution in [0.5, 0.6) is 0 Å². The average molecular weight is 291 g/mol. The van der Waals surface area contributed by atoms with Crippen LogP contribution in [0.1, 0.15) is 25.5 Å². The van der Waals surface area contributed by atoms with Crippen molar-refractivity contribution in [2.24, 2.45) is 5.84 Å². The van der Waals surface area contributed by atoms with Crippen molar-refractivity contribution in [3.63, 3.8) is 0 Å². The number of hydrogen-bond acceptors (Lipinski definition) is 6. The van der Waals surface area contributed by atoms with E-state index in [-0.39, 0.29) is 17.4 Å². The molecule has 112 valence electrons. The monoisotopic (exact) mass is 291 g/mol. The van der Waals surface area contributed by atoms with Gasteiger partial charge >= 0.3 is 6.18 Å². The van der Waals surface area contributed by atoms with Gasteiger partial charge in [-0.15, -0.1) is 0 Å². The van der Waals surface area contributed by atoms with Gasteiger partial charge in [0, 0.05) is 19.2 Å². The fourth-order valence-corrected chi connectivity index (χ4v) is 2.00. The van der Waals surface area contributed by atoms with E-state index in [9.17, 15) is 13.2 Å². The van der Waals surface area contributed by atoms with Crippen molar-refractivity contribution in [2.45, 2.75) is 31.5 Å². The van der Waals surface area contributed by atoms with Crippen LogP contribution in [-0.2, 0) is 10.9 Å². The lowest BCUT2D eigenvalue weighted by molar-refractivity contribution is -0.141. The Morgan fingerprint density at radius 2 is 2.20 bits per heavy atom. The maximum atomic E-state index is 12.7. The Morgan fingerprint density at radius 1 is 1.45 bits per heavy atom. The van der Waals surface area contributed by atoms with E-state index in [1.165, 1.54) is 0 Å². The largest absolute Gasteiger partial charge is 0.433 e. The Balaban J connectivity index is 2.14. The van der Waals surface area contributed by atoms with Crippen LogP contribution in [0.3, 0.4) is 0 Å². The second kappa shape index (κ2) is 5.41. The van der Waals surface area contributed by atoms with E-state index < -0.39 is 11.9 Å². The Bertz CT molecular complexity index is 474. The molecule has 0 bridgehead atoms. The van der Waals surface area contributed by atoms with Crippen LogP contribution in [0.15, 0.2) is 6.07 Å². The summed E-state index contributed by atoms with van der Waals surface area (Å²) in [6, 6.07) is 0.846. The van der Waals surface area contributed by atoms with Gasteiger partial charge in [0.05, 0.1) is 5.60 Å². The molecule has 1 aliphatic heterocycles. The van der Waals surface area contributed by atoms with Crippen molar-refractivity contribution < 1.29 is 17.9 Å². The third-order valence-electron chi connectivity index (χ3n) is 3.09. The molecule has 0 saturated carbocycles. The van der Waals surface area contributed by atoms with E-state index in [4.69, 9.17) is 10.6 Å². The number of halogens is 3. The van der Waals surface area contributed by atoms with Crippen LogP contribution in [0.2, 0.25) is 0 Å². The molecule has 0 aromatic carbocycles. The highest BCUT2D eigenvalue weighted by Gasteiger charge is 2.34. The van der Waals surface area contributed by atoms with Crippen LogP contribution in [0.25, 0.3) is 0 Å². The molecular weight excluding hydrogens is 275 g/mol. The molecule has 1 aromatic rings. The van der Waals surface area contributed by atoms with Crippen LogP contribution in [0, 0.1) is 0 Å². The molecule has 20 heavy (non-hydrogen) atoms. The number of nitrogens with zero attached hydrogens (tertiary/aromatic N) is 2. The van der Waals surface area contributed by atoms with Gasteiger partial charge < -0.3 is 10.1 Å². The topological polar surface area (TPSA) is 85.1 Å². The lowest BCUT2D eigenvalue weighted by atomic mass is 10.0. The Kier molecular flexibility index (Phi) is 4.00. The predicted octanol–water partition coefficient (Wildman–Crippen LogP) is 1.76. The van der Waals surface area contributed by atoms with Crippen LogP contribution in [0.4, 0.5) is 24.9 Å². The summed E-state index contributed by atoms with van der Waals surface area (Å²) in [5, 5.41) is 2.84. The van der Waals surface area contributed by atoms with E-state index in [0.29, 0.717) is 13.2 Å². The molecule has 2 rings (SSSR count). The minimum absolute atomic E-state index is 0.0528. The van der Waals surface area contributed by atoms with Gasteiger partial charge in [0.1, 0.15) is 5.82 Å². The SMILES string of the molecule is CC1(CNc2cc(C(F)(F)F)nc(NN)n2)CCCO1. The molecule has 0 radical (unpaired) electrons. The van der Waals surface area contributed by atoms with Gasteiger partial charge in [0.25, 0.3) is 0 Å². The lowest BCUT2D eigenvalue weighted by Crippen LogP contribution is -2.33. The zero-order valence-corrected chi connectivity index (χ0v) is 10.9. The number of anilines is 2. The highest BCUT2D eigenvalue weighted by Crippen LogP contribution is 2.30. The van der Waals surface area contributed by atoms with E-state index in [2.05, 4.69) is 15.3 Å². The molecule has 1 aromatic heterocycles. The number of hydrazine groups is 1. The van der Waals surface area contributed by atoms with E-state index in [1.54, 1.807) is 0 Å². The molecule has 6 nitrogen and oxygen atoms in total. The highest BCUT2D eigenvalue weighted by molar-refractivity contribution is 5.43. The van der Waals surface area contributed by atoms with Gasteiger partial charge in [0.15, 0.2) is 5.69 Å². The Hall–Kier alpha value is -1.61. The van der Waals surface area contributed by atoms with Crippen molar-refractivity contribution in [1.29, 1.82) is 0 Å². The molecule has 1 fully saturated rings. The zero-order chi connectivity index (χ0) is 14.8. The minimum Gasteiger partial charge on any atom is -0.373 e. The number of aromatic nitrogens is 2. The molecular formula is C11H16F3N5O. The maximum Gasteiger partial charge on any atom is 0.433 e. The average Bonchev–Trinajstić information content (AvgIpc) is 2.82. The smallest absolute Gasteiger partial charge is 0.373 e. The first-order valence-corrected chi connectivity index (χ1v) is 6.13. The summed E-state index contributed by atoms with van der Waals surface area (Å²) in [6.07, 6.45) is -2.77. The number of alkyl halides is 3. The third-order valence-corrected chi connectivity index (χ3v) is 3.09. The highest BCUT2D eigenvalue weighted by atomic mass is 19.4. The number of nitrogens with two attached hydrogens (primary N) is 1. The first kappa shape index (κ1) is 14.8. The standard InChI is InChI=1S/C11H16F3N5O/c1-10(3-2-4-20-10)6-16-8-5-7(11(12,13)14)17-9(18-8)19-15/h5H,2-4,6,15H2,1H3,(H2,16,17,18,19). The fourth-order valence-electron chi connectivity index (χ4n) is 2.00. The Morgan fingerprint density at radius 3 is 2.75 bits per heavy atom. The molecule has 0 amide bonds. The van der Waals surface area contributed by atoms with Gasteiger partial charge in [-0.2, -0.15) is 18.2 Å². The summed E-state index contributed by atoms with van der Waals surface area (Å²) in [4.78, 5) is 7.12. The Labute approximate surface area is 113 Å². The quantitative estimate of drug-likeness (QED) is 0.579. The molecule has 1 saturated heterocycles. The number of hydrogen-bond donors (Lipinski definition) is 3. The van der Waals surface area contributed by atoms with E-state index >= 15 is 0 Å². The molecule has 4 N–H and O–H groups in total. The van der Waals surface area contributed by atoms with Crippen molar-refractivity contribution in [2.75, 3.05) is 23.9 Å². The van der Waals surface area contributed by atoms with Gasteiger partial charge in [-0.05, 0) is 19.8 Å². The summed E-state index contributed by atoms with van der Waals surface area (Å²) in [6.45, 7) is 2.93. The van der Waals surface area contributed by atoms with Crippen molar-refractivity contribution >= 4 is 11.8 Å². The van der Waals surface area contributed by atoms with Gasteiger partial charge in [-0.3, -0.25) is 5.43 Å². The molecule has 2 heterocycles. The lowest BCUT2D eigenvalue weighted by Gasteiger charge is -2.23. The minimum atomic E-state index is -4.56. The number of nitrogen functional groups attached to an aromatic ring is 1. The normalized spacial score (nSPS) is 22.9. The van der Waals surface area contributed by atoms with E-state index in [1.807, 2.05) is 12.3 Å². The van der Waals surface area contributed by atoms with Crippen LogP contribution >= 0.6 is 0 Å². The zero-order valence-electron chi connectivity index (χ0n) is 10.9. The van der Waals surface area contributed by atoms with E-state index in [0.717, 1.165) is 18.9 Å². The van der Waals surface area contributed by atoms with Crippen molar-refractivity contribution in [3.05, 3.63) is 11.8 Å². The fraction of sp³-hybridized carbons (Fsp3) is 0.636. The summed E-state index contributed by atoms with van der Waals surface area (Å²) < 4.78 is 43.6. The third kappa shape index (κ3) is 3.48. The van der Waals surface area contributed by atoms with Crippen LogP contribution in [-0.4, -0.2) is 28.7 Å². The first-order chi connectivity index (χ1) is 9.32. The number of nitrogens with one attached hydrogen (secondary N) is 2. The second-order valence-corrected chi connectivity index (χ2v) is 4.86. The van der Waals surface area contributed by atoms with Crippen molar-refractivity contribution in [3.8, 4) is 0 Å². The van der Waals surface area contributed by atoms with Gasteiger partial charge in [-0.25, -0.2) is 10.8 Å². The summed E-state index contributed by atoms with van der Waals surface area (Å²) in [7, 11) is 0. The van der Waals surface area contributed by atoms with Gasteiger partial charge in [0.2, 0.25) is 5.95 Å². The molecule has 1 aliphatic rings. The van der Waals surface area contributed by atoms with Crippen molar-refractivity contribution in [1.82, 2.24) is 9.97 Å². The molecule has 0 aliphatic carbocycles. The molecule has 0 spiro atoms. The summed E-state index contributed by atoms with van der Waals surface area (Å²) >= 11 is 0. The predicted molar refractivity (Wildman–Crippen MR) is 66.9 cm³/mol. The molecule has 1 unspecified atom stereocenters. The number of ether oxygens (including phenoxy) is 1. The van der Waals surface area contributed by atoms with Crippen LogP contribution < -0.4 is 16.6 Å². The number of rotatable bonds is 4. The summed E-state index contributed by atoms with van der Waals surface area (Å²) in [5.74, 6) is 4.84. The maximum absolute atomic E-state index is 12.7. The first-order valence-electron chi connectivity index (χ1n) is 6.13.